The molecule has 1 fully saturated rings. The van der Waals surface area contributed by atoms with Crippen LogP contribution in [0, 0.1) is 0 Å². The highest BCUT2D eigenvalue weighted by Gasteiger charge is 2.26. The van der Waals surface area contributed by atoms with Gasteiger partial charge in [0, 0.05) is 26.7 Å². The fraction of sp³-hybridized carbons (Fsp3) is 0.800. The van der Waals surface area contributed by atoms with E-state index in [4.69, 9.17) is 4.74 Å². The monoisotopic (exact) mass is 229 g/mol. The zero-order chi connectivity index (χ0) is 12.0. The molecule has 0 atom stereocenters. The van der Waals surface area contributed by atoms with E-state index in [9.17, 15) is 9.59 Å². The smallest absolute Gasteiger partial charge is 0.242 e. The minimum atomic E-state index is -0.0257. The van der Waals surface area contributed by atoms with Crippen molar-refractivity contribution in [3.63, 3.8) is 0 Å². The molecule has 0 unspecified atom stereocenters. The predicted octanol–water partition coefficient (Wildman–Crippen LogP) is -1.48. The molecule has 1 aliphatic heterocycles. The number of rotatable bonds is 5. The molecule has 92 valence electrons. The predicted molar refractivity (Wildman–Crippen MR) is 59.0 cm³/mol. The van der Waals surface area contributed by atoms with Crippen LogP contribution in [0.15, 0.2) is 0 Å². The molecule has 0 aromatic carbocycles. The van der Waals surface area contributed by atoms with Crippen LogP contribution in [0.3, 0.4) is 0 Å². The topological polar surface area (TPSA) is 61.9 Å². The number of hydrogen-bond donors (Lipinski definition) is 1. The summed E-state index contributed by atoms with van der Waals surface area (Å²) >= 11 is 0. The molecule has 0 bridgehead atoms. The average molecular weight is 229 g/mol. The first kappa shape index (κ1) is 12.9. The van der Waals surface area contributed by atoms with Gasteiger partial charge in [-0.05, 0) is 7.05 Å². The lowest BCUT2D eigenvalue weighted by atomic mass is 10.3. The number of amides is 2. The van der Waals surface area contributed by atoms with E-state index in [0.717, 1.165) is 0 Å². The molecule has 0 spiro atoms. The van der Waals surface area contributed by atoms with Crippen LogP contribution in [-0.2, 0) is 14.3 Å². The molecule has 6 nitrogen and oxygen atoms in total. The number of carbonyl (C=O) groups excluding carboxylic acids is 2. The number of likely N-dealkylation sites (N-methyl/N-ethyl adjacent to an activating group) is 1. The lowest BCUT2D eigenvalue weighted by Gasteiger charge is -2.34. The Morgan fingerprint density at radius 2 is 2.25 bits per heavy atom. The third-order valence-corrected chi connectivity index (χ3v) is 2.56. The molecule has 6 heteroatoms. The van der Waals surface area contributed by atoms with Gasteiger partial charge >= 0.3 is 0 Å². The molecule has 0 aromatic rings. The van der Waals surface area contributed by atoms with Crippen LogP contribution in [0.2, 0.25) is 0 Å². The molecule has 0 aliphatic carbocycles. The summed E-state index contributed by atoms with van der Waals surface area (Å²) in [4.78, 5) is 26.5. The highest BCUT2D eigenvalue weighted by Crippen LogP contribution is 2.03. The number of nitrogens with one attached hydrogen (secondary N) is 1. The van der Waals surface area contributed by atoms with Gasteiger partial charge in [0.2, 0.25) is 11.8 Å². The minimum absolute atomic E-state index is 0.00671. The first-order chi connectivity index (χ1) is 7.69. The van der Waals surface area contributed by atoms with Gasteiger partial charge in [-0.1, -0.05) is 0 Å². The largest absolute Gasteiger partial charge is 0.383 e. The van der Waals surface area contributed by atoms with E-state index in [2.05, 4.69) is 5.32 Å². The van der Waals surface area contributed by atoms with Crippen molar-refractivity contribution in [2.45, 2.75) is 0 Å². The van der Waals surface area contributed by atoms with Gasteiger partial charge in [0.05, 0.1) is 19.7 Å². The van der Waals surface area contributed by atoms with Crippen molar-refractivity contribution in [2.75, 3.05) is 53.5 Å². The van der Waals surface area contributed by atoms with Gasteiger partial charge in [-0.15, -0.1) is 0 Å². The number of nitrogens with zero attached hydrogens (tertiary/aromatic N) is 2. The number of hydrogen-bond acceptors (Lipinski definition) is 4. The summed E-state index contributed by atoms with van der Waals surface area (Å²) in [6.45, 7) is 2.81. The van der Waals surface area contributed by atoms with Crippen LogP contribution in [0.5, 0.6) is 0 Å². The van der Waals surface area contributed by atoms with Gasteiger partial charge in [0.1, 0.15) is 0 Å². The molecule has 0 aromatic heterocycles. The van der Waals surface area contributed by atoms with Crippen LogP contribution in [-0.4, -0.2) is 75.1 Å². The van der Waals surface area contributed by atoms with Gasteiger partial charge in [-0.25, -0.2) is 0 Å². The molecule has 0 radical (unpaired) electrons. The molecule has 0 saturated carbocycles. The maximum Gasteiger partial charge on any atom is 0.242 e. The SMILES string of the molecule is CNCC(=O)N1CCN(CCOC)C(=O)C1. The summed E-state index contributed by atoms with van der Waals surface area (Å²) in [7, 11) is 3.33. The Morgan fingerprint density at radius 1 is 1.50 bits per heavy atom. The summed E-state index contributed by atoms with van der Waals surface area (Å²) in [6, 6.07) is 0. The van der Waals surface area contributed by atoms with Crippen LogP contribution in [0.1, 0.15) is 0 Å². The van der Waals surface area contributed by atoms with Gasteiger partial charge in [-0.2, -0.15) is 0 Å². The normalized spacial score (nSPS) is 16.8. The fourth-order valence-electron chi connectivity index (χ4n) is 1.62. The molecule has 1 aliphatic rings. The quantitative estimate of drug-likeness (QED) is 0.625. The molecular weight excluding hydrogens is 210 g/mol. The Bertz CT molecular complexity index is 258. The second-order valence-corrected chi connectivity index (χ2v) is 3.72. The van der Waals surface area contributed by atoms with Gasteiger partial charge in [0.15, 0.2) is 0 Å². The third kappa shape index (κ3) is 3.46. The Kier molecular flexibility index (Phi) is 5.21. The van der Waals surface area contributed by atoms with Crippen LogP contribution in [0.25, 0.3) is 0 Å². The van der Waals surface area contributed by atoms with Gasteiger partial charge in [0.25, 0.3) is 0 Å². The van der Waals surface area contributed by atoms with Crippen molar-refractivity contribution < 1.29 is 14.3 Å². The van der Waals surface area contributed by atoms with E-state index in [1.165, 1.54) is 0 Å². The summed E-state index contributed by atoms with van der Waals surface area (Å²) in [6.07, 6.45) is 0. The lowest BCUT2D eigenvalue weighted by Crippen LogP contribution is -2.54. The molecule has 2 amide bonds. The van der Waals surface area contributed by atoms with Crippen molar-refractivity contribution in [1.29, 1.82) is 0 Å². The standard InChI is InChI=1S/C10H19N3O3/c1-11-7-9(14)13-4-3-12(5-6-16-2)10(15)8-13/h11H,3-8H2,1-2H3. The maximum absolute atomic E-state index is 11.7. The molecule has 1 heterocycles. The second-order valence-electron chi connectivity index (χ2n) is 3.72. The van der Waals surface area contributed by atoms with Gasteiger partial charge < -0.3 is 19.9 Å². The zero-order valence-electron chi connectivity index (χ0n) is 9.86. The van der Waals surface area contributed by atoms with E-state index >= 15 is 0 Å². The number of ether oxygens (including phenoxy) is 1. The third-order valence-electron chi connectivity index (χ3n) is 2.56. The Labute approximate surface area is 95.5 Å². The van der Waals surface area contributed by atoms with Crippen LogP contribution in [0.4, 0.5) is 0 Å². The number of carbonyl (C=O) groups is 2. The first-order valence-corrected chi connectivity index (χ1v) is 5.38. The lowest BCUT2D eigenvalue weighted by molar-refractivity contribution is -0.145. The summed E-state index contributed by atoms with van der Waals surface area (Å²) in [5.41, 5.74) is 0. The second kappa shape index (κ2) is 6.44. The van der Waals surface area contributed by atoms with Crippen LogP contribution >= 0.6 is 0 Å². The maximum atomic E-state index is 11.7. The van der Waals surface area contributed by atoms with Crippen molar-refractivity contribution >= 4 is 11.8 Å². The Hall–Kier alpha value is -1.14. The van der Waals surface area contributed by atoms with E-state index in [1.54, 1.807) is 24.0 Å². The molecule has 1 saturated heterocycles. The fourth-order valence-corrected chi connectivity index (χ4v) is 1.62. The molecule has 16 heavy (non-hydrogen) atoms. The first-order valence-electron chi connectivity index (χ1n) is 5.38. The molecule has 1 rings (SSSR count). The van der Waals surface area contributed by atoms with Crippen LogP contribution < -0.4 is 5.32 Å². The van der Waals surface area contributed by atoms with Gasteiger partial charge in [-0.3, -0.25) is 9.59 Å². The highest BCUT2D eigenvalue weighted by molar-refractivity contribution is 5.86. The minimum Gasteiger partial charge on any atom is -0.383 e. The summed E-state index contributed by atoms with van der Waals surface area (Å²) in [5, 5.41) is 2.79. The van der Waals surface area contributed by atoms with E-state index < -0.39 is 0 Å². The zero-order valence-corrected chi connectivity index (χ0v) is 9.86. The summed E-state index contributed by atoms with van der Waals surface area (Å²) < 4.78 is 4.92. The number of piperazine rings is 1. The van der Waals surface area contributed by atoms with E-state index in [0.29, 0.717) is 26.2 Å². The van der Waals surface area contributed by atoms with E-state index in [1.807, 2.05) is 0 Å². The Morgan fingerprint density at radius 3 is 2.81 bits per heavy atom. The van der Waals surface area contributed by atoms with Crippen molar-refractivity contribution in [2.24, 2.45) is 0 Å². The van der Waals surface area contributed by atoms with Crippen molar-refractivity contribution in [1.82, 2.24) is 15.1 Å². The van der Waals surface area contributed by atoms with Crippen molar-refractivity contribution in [3.05, 3.63) is 0 Å². The molecular formula is C10H19N3O3. The Balaban J connectivity index is 2.39. The summed E-state index contributed by atoms with van der Waals surface area (Å²) in [5.74, 6) is -0.0324. The average Bonchev–Trinajstić information content (AvgIpc) is 2.27. The molecule has 1 N–H and O–H groups in total. The van der Waals surface area contributed by atoms with E-state index in [-0.39, 0.29) is 24.9 Å². The van der Waals surface area contributed by atoms with Crippen molar-refractivity contribution in [3.8, 4) is 0 Å². The number of methoxy groups -OCH3 is 1. The highest BCUT2D eigenvalue weighted by atomic mass is 16.5.